The molecule has 0 saturated heterocycles. The van der Waals surface area contributed by atoms with E-state index in [1.165, 1.54) is 19.1 Å². The molecular weight excluding hydrogens is 429 g/mol. The van der Waals surface area contributed by atoms with Gasteiger partial charge >= 0.3 is 5.97 Å². The fraction of sp³-hybridized carbons (Fsp3) is 0.105. The number of halogens is 3. The van der Waals surface area contributed by atoms with Gasteiger partial charge in [-0.1, -0.05) is 46.9 Å². The molecule has 0 fully saturated rings. The van der Waals surface area contributed by atoms with Crippen LogP contribution in [-0.4, -0.2) is 18.0 Å². The summed E-state index contributed by atoms with van der Waals surface area (Å²) in [4.78, 5) is 36.7. The average molecular weight is 441 g/mol. The second-order valence-electron chi connectivity index (χ2n) is 5.75. The SMILES string of the molecule is CC(OC(=O)c1cc(=O)c2ccccc2o1)C(=O)Nc1c(Cl)cc(Cl)cc1Cl. The van der Waals surface area contributed by atoms with E-state index in [9.17, 15) is 14.4 Å². The molecule has 1 unspecified atom stereocenters. The van der Waals surface area contributed by atoms with Crippen LogP contribution >= 0.6 is 34.8 Å². The van der Waals surface area contributed by atoms with Gasteiger partial charge in [-0.3, -0.25) is 9.59 Å². The zero-order chi connectivity index (χ0) is 20.4. The predicted molar refractivity (Wildman–Crippen MR) is 107 cm³/mol. The van der Waals surface area contributed by atoms with Crippen molar-refractivity contribution in [3.63, 3.8) is 0 Å². The summed E-state index contributed by atoms with van der Waals surface area (Å²) in [6.45, 7) is 1.35. The van der Waals surface area contributed by atoms with Gasteiger partial charge in [-0.05, 0) is 31.2 Å². The first-order valence-electron chi connectivity index (χ1n) is 7.95. The maximum absolute atomic E-state index is 12.3. The highest BCUT2D eigenvalue weighted by atomic mass is 35.5. The van der Waals surface area contributed by atoms with Gasteiger partial charge in [-0.25, -0.2) is 4.79 Å². The largest absolute Gasteiger partial charge is 0.449 e. The Balaban J connectivity index is 1.76. The molecule has 0 bridgehead atoms. The summed E-state index contributed by atoms with van der Waals surface area (Å²) in [5.41, 5.74) is -0.0257. The molecule has 0 spiro atoms. The maximum Gasteiger partial charge on any atom is 0.375 e. The highest BCUT2D eigenvalue weighted by Gasteiger charge is 2.23. The molecule has 0 saturated carbocycles. The Morgan fingerprint density at radius 2 is 1.71 bits per heavy atom. The number of anilines is 1. The topological polar surface area (TPSA) is 85.6 Å². The molecule has 0 radical (unpaired) electrons. The summed E-state index contributed by atoms with van der Waals surface area (Å²) in [7, 11) is 0. The molecule has 0 aliphatic heterocycles. The molecule has 1 heterocycles. The fourth-order valence-corrected chi connectivity index (χ4v) is 3.27. The highest BCUT2D eigenvalue weighted by molar-refractivity contribution is 6.42. The lowest BCUT2D eigenvalue weighted by Gasteiger charge is -2.15. The van der Waals surface area contributed by atoms with Gasteiger partial charge in [0.2, 0.25) is 5.76 Å². The van der Waals surface area contributed by atoms with E-state index in [0.29, 0.717) is 10.4 Å². The normalized spacial score (nSPS) is 11.9. The fourth-order valence-electron chi connectivity index (χ4n) is 2.36. The molecule has 1 aromatic heterocycles. The van der Waals surface area contributed by atoms with Crippen molar-refractivity contribution in [1.82, 2.24) is 0 Å². The second-order valence-corrected chi connectivity index (χ2v) is 7.00. The molecule has 144 valence electrons. The van der Waals surface area contributed by atoms with Gasteiger partial charge < -0.3 is 14.5 Å². The first kappa shape index (κ1) is 20.2. The average Bonchev–Trinajstić information content (AvgIpc) is 2.64. The Hall–Kier alpha value is -2.54. The van der Waals surface area contributed by atoms with E-state index in [2.05, 4.69) is 5.32 Å². The van der Waals surface area contributed by atoms with Crippen LogP contribution in [-0.2, 0) is 9.53 Å². The van der Waals surface area contributed by atoms with E-state index < -0.39 is 23.4 Å². The van der Waals surface area contributed by atoms with Gasteiger partial charge in [0.1, 0.15) is 5.58 Å². The van der Waals surface area contributed by atoms with E-state index in [4.69, 9.17) is 44.0 Å². The van der Waals surface area contributed by atoms with Crippen LogP contribution in [0.1, 0.15) is 17.5 Å². The number of carbonyl (C=O) groups excluding carboxylic acids is 2. The Morgan fingerprint density at radius 3 is 2.39 bits per heavy atom. The summed E-state index contributed by atoms with van der Waals surface area (Å²) >= 11 is 17.9. The number of hydrogen-bond acceptors (Lipinski definition) is 5. The minimum atomic E-state index is -1.22. The smallest absolute Gasteiger partial charge is 0.375 e. The van der Waals surface area contributed by atoms with Gasteiger partial charge in [0.15, 0.2) is 11.5 Å². The molecule has 0 aliphatic carbocycles. The van der Waals surface area contributed by atoms with E-state index in [0.717, 1.165) is 6.07 Å². The molecule has 0 aliphatic rings. The number of ether oxygens (including phenoxy) is 1. The van der Waals surface area contributed by atoms with Crippen LogP contribution in [0.2, 0.25) is 15.1 Å². The molecule has 2 aromatic carbocycles. The standard InChI is InChI=1S/C19H12Cl3NO5/c1-9(18(25)23-17-12(21)6-10(20)7-13(17)22)27-19(26)16-8-14(24)11-4-2-3-5-15(11)28-16/h2-9H,1H3,(H,23,25). The van der Waals surface area contributed by atoms with Crippen molar-refractivity contribution >= 4 is 63.3 Å². The number of benzene rings is 2. The third-order valence-corrected chi connectivity index (χ3v) is 4.56. The number of fused-ring (bicyclic) bond motifs is 1. The quantitative estimate of drug-likeness (QED) is 0.581. The zero-order valence-corrected chi connectivity index (χ0v) is 16.6. The van der Waals surface area contributed by atoms with Gasteiger partial charge in [0.25, 0.3) is 5.91 Å². The lowest BCUT2D eigenvalue weighted by molar-refractivity contribution is -0.123. The predicted octanol–water partition coefficient (Wildman–Crippen LogP) is 4.94. The van der Waals surface area contributed by atoms with Crippen LogP contribution in [0, 0.1) is 0 Å². The van der Waals surface area contributed by atoms with Crippen LogP contribution in [0.15, 0.2) is 51.7 Å². The van der Waals surface area contributed by atoms with Crippen molar-refractivity contribution in [2.24, 2.45) is 0 Å². The summed E-state index contributed by atoms with van der Waals surface area (Å²) in [5.74, 6) is -1.95. The van der Waals surface area contributed by atoms with Crippen molar-refractivity contribution in [3.05, 3.63) is 73.5 Å². The van der Waals surface area contributed by atoms with Crippen molar-refractivity contribution in [2.75, 3.05) is 5.32 Å². The molecule has 1 amide bonds. The Labute approximate surface area is 173 Å². The van der Waals surface area contributed by atoms with Crippen LogP contribution in [0.5, 0.6) is 0 Å². The molecule has 3 rings (SSSR count). The van der Waals surface area contributed by atoms with Gasteiger partial charge in [0.05, 0.1) is 21.1 Å². The number of esters is 1. The van der Waals surface area contributed by atoms with Crippen LogP contribution < -0.4 is 10.7 Å². The molecule has 1 atom stereocenters. The number of carbonyl (C=O) groups is 2. The Bertz CT molecular complexity index is 1120. The van der Waals surface area contributed by atoms with E-state index in [1.807, 2.05) is 0 Å². The van der Waals surface area contributed by atoms with Crippen molar-refractivity contribution in [1.29, 1.82) is 0 Å². The van der Waals surface area contributed by atoms with Crippen molar-refractivity contribution < 1.29 is 18.7 Å². The Morgan fingerprint density at radius 1 is 1.07 bits per heavy atom. The molecule has 9 heteroatoms. The minimum Gasteiger partial charge on any atom is -0.449 e. The van der Waals surface area contributed by atoms with Gasteiger partial charge in [-0.15, -0.1) is 0 Å². The van der Waals surface area contributed by atoms with E-state index in [1.54, 1.807) is 24.3 Å². The van der Waals surface area contributed by atoms with Crippen molar-refractivity contribution in [2.45, 2.75) is 13.0 Å². The lowest BCUT2D eigenvalue weighted by Crippen LogP contribution is -2.30. The first-order valence-corrected chi connectivity index (χ1v) is 9.09. The molecular formula is C19H12Cl3NO5. The summed E-state index contributed by atoms with van der Waals surface area (Å²) in [6, 6.07) is 10.3. The number of nitrogens with one attached hydrogen (secondary N) is 1. The number of para-hydroxylation sites is 1. The van der Waals surface area contributed by atoms with E-state index >= 15 is 0 Å². The molecule has 28 heavy (non-hydrogen) atoms. The van der Waals surface area contributed by atoms with Crippen LogP contribution in [0.4, 0.5) is 5.69 Å². The minimum absolute atomic E-state index is 0.130. The van der Waals surface area contributed by atoms with Crippen LogP contribution in [0.3, 0.4) is 0 Å². The van der Waals surface area contributed by atoms with Gasteiger partial charge in [0, 0.05) is 11.1 Å². The second kappa shape index (κ2) is 8.22. The number of amides is 1. The van der Waals surface area contributed by atoms with Crippen LogP contribution in [0.25, 0.3) is 11.0 Å². The maximum atomic E-state index is 12.3. The summed E-state index contributed by atoms with van der Waals surface area (Å²) in [6.07, 6.45) is -1.22. The van der Waals surface area contributed by atoms with Gasteiger partial charge in [-0.2, -0.15) is 0 Å². The summed E-state index contributed by atoms with van der Waals surface area (Å²) in [5, 5.41) is 3.37. The van der Waals surface area contributed by atoms with Crippen molar-refractivity contribution in [3.8, 4) is 0 Å². The third-order valence-electron chi connectivity index (χ3n) is 3.74. The molecule has 6 nitrogen and oxygen atoms in total. The third kappa shape index (κ3) is 4.30. The first-order chi connectivity index (χ1) is 13.3. The highest BCUT2D eigenvalue weighted by Crippen LogP contribution is 2.33. The zero-order valence-electron chi connectivity index (χ0n) is 14.3. The van der Waals surface area contributed by atoms with E-state index in [-0.39, 0.29) is 27.1 Å². The molecule has 3 aromatic rings. The molecule has 1 N–H and O–H groups in total. The number of rotatable bonds is 4. The lowest BCUT2D eigenvalue weighted by atomic mass is 10.2. The summed E-state index contributed by atoms with van der Waals surface area (Å²) < 4.78 is 10.5. The number of hydrogen-bond donors (Lipinski definition) is 1. The monoisotopic (exact) mass is 439 g/mol. The Kier molecular flexibility index (Phi) is 5.93.